The minimum absolute atomic E-state index is 0.178. The molecule has 0 aliphatic rings. The summed E-state index contributed by atoms with van der Waals surface area (Å²) in [5.74, 6) is 0.178. The minimum Gasteiger partial charge on any atom is -0.293 e. The van der Waals surface area contributed by atoms with Gasteiger partial charge in [-0.05, 0) is 42.3 Å². The predicted molar refractivity (Wildman–Crippen MR) is 85.6 cm³/mol. The molecule has 1 heterocycles. The molecule has 2 aromatic carbocycles. The number of carbonyl (C=O) groups is 1. The third-order valence-corrected chi connectivity index (χ3v) is 4.75. The molecule has 2 heteroatoms. The van der Waals surface area contributed by atoms with Crippen molar-refractivity contribution in [3.63, 3.8) is 0 Å². The Balaban J connectivity index is 2.11. The van der Waals surface area contributed by atoms with Crippen LogP contribution in [0.4, 0.5) is 0 Å². The zero-order valence-corrected chi connectivity index (χ0v) is 12.4. The fourth-order valence-electron chi connectivity index (χ4n) is 2.49. The van der Waals surface area contributed by atoms with Crippen molar-refractivity contribution in [3.05, 3.63) is 71.1 Å². The van der Waals surface area contributed by atoms with Gasteiger partial charge in [0.15, 0.2) is 5.78 Å². The van der Waals surface area contributed by atoms with E-state index >= 15 is 0 Å². The number of ketones is 1. The molecule has 0 amide bonds. The van der Waals surface area contributed by atoms with Crippen molar-refractivity contribution in [1.29, 1.82) is 0 Å². The number of thiophene rings is 1. The van der Waals surface area contributed by atoms with Gasteiger partial charge < -0.3 is 0 Å². The second-order valence-electron chi connectivity index (χ2n) is 5.46. The molecule has 100 valence electrons. The van der Waals surface area contributed by atoms with Crippen LogP contribution in [0.15, 0.2) is 60.0 Å². The first-order valence-corrected chi connectivity index (χ1v) is 7.55. The Morgan fingerprint density at radius 1 is 0.950 bits per heavy atom. The van der Waals surface area contributed by atoms with E-state index in [9.17, 15) is 4.79 Å². The van der Waals surface area contributed by atoms with E-state index in [1.807, 2.05) is 61.7 Å². The largest absolute Gasteiger partial charge is 0.293 e. The lowest BCUT2D eigenvalue weighted by Crippen LogP contribution is -2.29. The molecule has 0 saturated carbocycles. The Kier molecular flexibility index (Phi) is 3.19. The summed E-state index contributed by atoms with van der Waals surface area (Å²) in [6, 6.07) is 18.0. The summed E-state index contributed by atoms with van der Waals surface area (Å²) in [6.07, 6.45) is 0. The van der Waals surface area contributed by atoms with Crippen molar-refractivity contribution in [3.8, 4) is 0 Å². The van der Waals surface area contributed by atoms with E-state index in [2.05, 4.69) is 12.1 Å². The Bertz CT molecular complexity index is 753. The van der Waals surface area contributed by atoms with Crippen LogP contribution in [0.3, 0.4) is 0 Å². The minimum atomic E-state index is -0.514. The number of fused-ring (bicyclic) bond motifs is 1. The molecule has 0 aliphatic carbocycles. The van der Waals surface area contributed by atoms with E-state index in [0.29, 0.717) is 0 Å². The molecule has 0 unspecified atom stereocenters. The van der Waals surface area contributed by atoms with Crippen molar-refractivity contribution in [2.45, 2.75) is 19.3 Å². The summed E-state index contributed by atoms with van der Waals surface area (Å²) < 4.78 is 1.08. The molecule has 3 rings (SSSR count). The maximum absolute atomic E-state index is 13.0. The Hall–Kier alpha value is -1.93. The van der Waals surface area contributed by atoms with Crippen LogP contribution in [-0.2, 0) is 5.41 Å². The van der Waals surface area contributed by atoms with Gasteiger partial charge in [-0.25, -0.2) is 0 Å². The summed E-state index contributed by atoms with van der Waals surface area (Å²) >= 11 is 1.63. The first-order chi connectivity index (χ1) is 9.60. The van der Waals surface area contributed by atoms with Gasteiger partial charge in [0.1, 0.15) is 0 Å². The van der Waals surface area contributed by atoms with Gasteiger partial charge in [0.05, 0.1) is 5.41 Å². The number of benzene rings is 2. The quantitative estimate of drug-likeness (QED) is 0.613. The molecule has 0 bridgehead atoms. The Morgan fingerprint density at radius 3 is 2.45 bits per heavy atom. The van der Waals surface area contributed by atoms with Crippen molar-refractivity contribution in [1.82, 2.24) is 0 Å². The van der Waals surface area contributed by atoms with Crippen LogP contribution in [0, 0.1) is 0 Å². The molecule has 0 N–H and O–H groups in total. The highest BCUT2D eigenvalue weighted by molar-refractivity contribution is 7.17. The summed E-state index contributed by atoms with van der Waals surface area (Å²) in [5, 5.41) is 3.18. The normalized spacial score (nSPS) is 11.7. The van der Waals surface area contributed by atoms with E-state index < -0.39 is 5.41 Å². The molecule has 20 heavy (non-hydrogen) atoms. The number of rotatable bonds is 3. The molecule has 0 spiro atoms. The number of hydrogen-bond acceptors (Lipinski definition) is 2. The Labute approximate surface area is 122 Å². The predicted octanol–water partition coefficient (Wildman–Crippen LogP) is 5.06. The lowest BCUT2D eigenvalue weighted by molar-refractivity contribution is 0.0910. The lowest BCUT2D eigenvalue weighted by atomic mass is 9.78. The average Bonchev–Trinajstić information content (AvgIpc) is 2.95. The van der Waals surface area contributed by atoms with Crippen LogP contribution in [0.25, 0.3) is 10.1 Å². The van der Waals surface area contributed by atoms with E-state index in [4.69, 9.17) is 0 Å². The van der Waals surface area contributed by atoms with Gasteiger partial charge in [-0.15, -0.1) is 11.3 Å². The molecular formula is C18H16OS. The summed E-state index contributed by atoms with van der Waals surface area (Å²) in [4.78, 5) is 13.0. The van der Waals surface area contributed by atoms with Crippen LogP contribution >= 0.6 is 11.3 Å². The highest BCUT2D eigenvalue weighted by Crippen LogP contribution is 2.32. The summed E-state index contributed by atoms with van der Waals surface area (Å²) in [5.41, 5.74) is 1.37. The van der Waals surface area contributed by atoms with Crippen LogP contribution in [-0.4, -0.2) is 5.78 Å². The standard InChI is InChI=1S/C18H16OS/c1-18(2,14-8-4-3-5-9-14)17(19)15-10-6-7-13-11-12-20-16(13)15/h3-12H,1-2H3. The first kappa shape index (κ1) is 13.1. The van der Waals surface area contributed by atoms with Crippen LogP contribution in [0.5, 0.6) is 0 Å². The summed E-state index contributed by atoms with van der Waals surface area (Å²) in [7, 11) is 0. The second kappa shape index (κ2) is 4.88. The van der Waals surface area contributed by atoms with E-state index in [-0.39, 0.29) is 5.78 Å². The van der Waals surface area contributed by atoms with Gasteiger partial charge in [-0.3, -0.25) is 4.79 Å². The molecule has 1 nitrogen and oxygen atoms in total. The van der Waals surface area contributed by atoms with Crippen LogP contribution in [0.2, 0.25) is 0 Å². The summed E-state index contributed by atoms with van der Waals surface area (Å²) in [6.45, 7) is 3.99. The zero-order chi connectivity index (χ0) is 14.2. The molecule has 1 aromatic heterocycles. The average molecular weight is 280 g/mol. The number of Topliss-reactive ketones (excluding diaryl/α,β-unsaturated/α-hetero) is 1. The third kappa shape index (κ3) is 2.06. The lowest BCUT2D eigenvalue weighted by Gasteiger charge is -2.24. The van der Waals surface area contributed by atoms with Crippen molar-refractivity contribution < 1.29 is 4.79 Å². The highest BCUT2D eigenvalue weighted by Gasteiger charge is 2.31. The van der Waals surface area contributed by atoms with Gasteiger partial charge in [-0.2, -0.15) is 0 Å². The van der Waals surface area contributed by atoms with Crippen molar-refractivity contribution in [2.75, 3.05) is 0 Å². The molecule has 0 saturated heterocycles. The van der Waals surface area contributed by atoms with Gasteiger partial charge in [0, 0.05) is 10.3 Å². The maximum Gasteiger partial charge on any atom is 0.174 e. The topological polar surface area (TPSA) is 17.1 Å². The molecule has 0 radical (unpaired) electrons. The SMILES string of the molecule is CC(C)(C(=O)c1cccc2ccsc12)c1ccccc1. The first-order valence-electron chi connectivity index (χ1n) is 6.67. The molecule has 0 fully saturated rings. The Morgan fingerprint density at radius 2 is 1.70 bits per heavy atom. The van der Waals surface area contributed by atoms with Gasteiger partial charge >= 0.3 is 0 Å². The maximum atomic E-state index is 13.0. The molecule has 0 aliphatic heterocycles. The monoisotopic (exact) mass is 280 g/mol. The van der Waals surface area contributed by atoms with Crippen molar-refractivity contribution >= 4 is 27.2 Å². The van der Waals surface area contributed by atoms with Gasteiger partial charge in [-0.1, -0.05) is 42.5 Å². The number of hydrogen-bond donors (Lipinski definition) is 0. The fraction of sp³-hybridized carbons (Fsp3) is 0.167. The zero-order valence-electron chi connectivity index (χ0n) is 11.6. The van der Waals surface area contributed by atoms with E-state index in [0.717, 1.165) is 21.2 Å². The van der Waals surface area contributed by atoms with Gasteiger partial charge in [0.25, 0.3) is 0 Å². The smallest absolute Gasteiger partial charge is 0.174 e. The van der Waals surface area contributed by atoms with E-state index in [1.54, 1.807) is 11.3 Å². The highest BCUT2D eigenvalue weighted by atomic mass is 32.1. The molecule has 0 atom stereocenters. The number of carbonyl (C=O) groups excluding carboxylic acids is 1. The second-order valence-corrected chi connectivity index (χ2v) is 6.38. The van der Waals surface area contributed by atoms with Crippen LogP contribution < -0.4 is 0 Å². The molecular weight excluding hydrogens is 264 g/mol. The fourth-order valence-corrected chi connectivity index (χ4v) is 3.41. The van der Waals surface area contributed by atoms with E-state index in [1.165, 1.54) is 0 Å². The van der Waals surface area contributed by atoms with Crippen LogP contribution in [0.1, 0.15) is 29.8 Å². The molecule has 3 aromatic rings. The van der Waals surface area contributed by atoms with Gasteiger partial charge in [0.2, 0.25) is 0 Å². The van der Waals surface area contributed by atoms with Crippen molar-refractivity contribution in [2.24, 2.45) is 0 Å². The third-order valence-electron chi connectivity index (χ3n) is 3.79.